The fourth-order valence-electron chi connectivity index (χ4n) is 0.996. The van der Waals surface area contributed by atoms with Gasteiger partial charge >= 0.3 is 0 Å². The smallest absolute Gasteiger partial charge is 0.271 e. The van der Waals surface area contributed by atoms with Gasteiger partial charge in [-0.25, -0.2) is 0 Å². The summed E-state index contributed by atoms with van der Waals surface area (Å²) < 4.78 is 0. The van der Waals surface area contributed by atoms with E-state index in [0.717, 1.165) is 12.1 Å². The molecular weight excluding hydrogens is 280 g/mol. The number of phenolic OH excluding ortho intramolecular Hbond substituents is 1. The first kappa shape index (κ1) is 13.0. The van der Waals surface area contributed by atoms with Crippen molar-refractivity contribution in [2.45, 2.75) is 4.84 Å². The molecule has 86 valence electrons. The maximum absolute atomic E-state index is 11.4. The third kappa shape index (κ3) is 2.55. The summed E-state index contributed by atoms with van der Waals surface area (Å²) in [5, 5.41) is 19.6. The van der Waals surface area contributed by atoms with Crippen molar-refractivity contribution in [3.63, 3.8) is 0 Å². The van der Waals surface area contributed by atoms with Gasteiger partial charge in [-0.1, -0.05) is 34.8 Å². The van der Waals surface area contributed by atoms with Crippen LogP contribution in [0.4, 0.5) is 5.69 Å². The highest BCUT2D eigenvalue weighted by molar-refractivity contribution is 6.55. The van der Waals surface area contributed by atoms with Gasteiger partial charge in [0.2, 0.25) is 0 Å². The number of carbonyl (C=O) groups excluding carboxylic acids is 1. The average Bonchev–Trinajstić information content (AvgIpc) is 2.20. The van der Waals surface area contributed by atoms with E-state index in [1.807, 2.05) is 0 Å². The quantitative estimate of drug-likeness (QED) is 0.400. The van der Waals surface area contributed by atoms with Crippen LogP contribution in [0.2, 0.25) is 5.02 Å². The van der Waals surface area contributed by atoms with E-state index >= 15 is 0 Å². The second-order valence-electron chi connectivity index (χ2n) is 2.75. The van der Waals surface area contributed by atoms with Crippen molar-refractivity contribution in [1.29, 1.82) is 0 Å². The maximum Gasteiger partial charge on any atom is 0.271 e. The van der Waals surface area contributed by atoms with Gasteiger partial charge in [0.25, 0.3) is 5.69 Å². The SMILES string of the molecule is O=C(c1cc([N+](=O)[O-])cc(Cl)c1O)C(Cl)Cl. The van der Waals surface area contributed by atoms with Crippen molar-refractivity contribution >= 4 is 46.3 Å². The summed E-state index contributed by atoms with van der Waals surface area (Å²) in [5.74, 6) is -1.44. The minimum atomic E-state index is -1.43. The van der Waals surface area contributed by atoms with Crippen molar-refractivity contribution in [2.24, 2.45) is 0 Å². The Hall–Kier alpha value is -1.04. The Morgan fingerprint density at radius 3 is 2.44 bits per heavy atom. The summed E-state index contributed by atoms with van der Waals surface area (Å²) in [4.78, 5) is 19.7. The first-order valence-electron chi connectivity index (χ1n) is 3.84. The van der Waals surface area contributed by atoms with Crippen molar-refractivity contribution < 1.29 is 14.8 Å². The number of ketones is 1. The maximum atomic E-state index is 11.4. The molecule has 1 aromatic rings. The molecule has 1 aromatic carbocycles. The fraction of sp³-hybridized carbons (Fsp3) is 0.125. The number of rotatable bonds is 3. The number of Topliss-reactive ketones (excluding diaryl/α,β-unsaturated/α-hetero) is 1. The normalized spacial score (nSPS) is 10.5. The molecule has 0 bridgehead atoms. The van der Waals surface area contributed by atoms with Gasteiger partial charge < -0.3 is 5.11 Å². The van der Waals surface area contributed by atoms with Gasteiger partial charge in [0, 0.05) is 12.1 Å². The van der Waals surface area contributed by atoms with Gasteiger partial charge in [-0.05, 0) is 0 Å². The molecule has 0 aromatic heterocycles. The highest BCUT2D eigenvalue weighted by atomic mass is 35.5. The molecule has 0 aliphatic rings. The molecule has 8 heteroatoms. The van der Waals surface area contributed by atoms with E-state index in [4.69, 9.17) is 34.8 Å². The van der Waals surface area contributed by atoms with Crippen LogP contribution in [-0.4, -0.2) is 20.6 Å². The second-order valence-corrected chi connectivity index (χ2v) is 4.25. The molecule has 16 heavy (non-hydrogen) atoms. The van der Waals surface area contributed by atoms with Crippen LogP contribution in [0.25, 0.3) is 0 Å². The first-order chi connectivity index (χ1) is 7.34. The van der Waals surface area contributed by atoms with Gasteiger partial charge in [-0.2, -0.15) is 0 Å². The number of non-ortho nitro benzene ring substituents is 1. The number of hydrogen-bond donors (Lipinski definition) is 1. The van der Waals surface area contributed by atoms with E-state index in [9.17, 15) is 20.0 Å². The topological polar surface area (TPSA) is 80.4 Å². The zero-order valence-corrected chi connectivity index (χ0v) is 9.75. The Labute approximate surface area is 105 Å². The van der Waals surface area contributed by atoms with Crippen molar-refractivity contribution in [1.82, 2.24) is 0 Å². The molecule has 5 nitrogen and oxygen atoms in total. The molecule has 0 saturated carbocycles. The lowest BCUT2D eigenvalue weighted by Crippen LogP contribution is -2.09. The van der Waals surface area contributed by atoms with E-state index in [1.54, 1.807) is 0 Å². The highest BCUT2D eigenvalue weighted by Crippen LogP contribution is 2.33. The Morgan fingerprint density at radius 2 is 2.00 bits per heavy atom. The molecule has 0 spiro atoms. The average molecular weight is 284 g/mol. The molecule has 0 aliphatic heterocycles. The Balaban J connectivity index is 3.38. The molecule has 0 fully saturated rings. The minimum absolute atomic E-state index is 0.313. The minimum Gasteiger partial charge on any atom is -0.506 e. The number of nitro benzene ring substituents is 1. The number of nitro groups is 1. The van der Waals surface area contributed by atoms with Gasteiger partial charge in [-0.3, -0.25) is 14.9 Å². The number of alkyl halides is 2. The number of carbonyl (C=O) groups is 1. The van der Waals surface area contributed by atoms with Crippen LogP contribution in [0.5, 0.6) is 5.75 Å². The summed E-state index contributed by atoms with van der Waals surface area (Å²) in [6.07, 6.45) is 0. The zero-order chi connectivity index (χ0) is 12.5. The number of hydrogen-bond acceptors (Lipinski definition) is 4. The summed E-state index contributed by atoms with van der Waals surface area (Å²) >= 11 is 16.1. The predicted octanol–water partition coefficient (Wildman–Crippen LogP) is 2.94. The van der Waals surface area contributed by atoms with E-state index in [0.29, 0.717) is 0 Å². The zero-order valence-electron chi connectivity index (χ0n) is 7.49. The van der Waals surface area contributed by atoms with Crippen LogP contribution in [0.1, 0.15) is 10.4 Å². The highest BCUT2D eigenvalue weighted by Gasteiger charge is 2.23. The number of aromatic hydroxyl groups is 1. The fourth-order valence-corrected chi connectivity index (χ4v) is 1.44. The Kier molecular flexibility index (Phi) is 3.96. The summed E-state index contributed by atoms with van der Waals surface area (Å²) in [6.45, 7) is 0. The summed E-state index contributed by atoms with van der Waals surface area (Å²) in [6, 6.07) is 1.78. The van der Waals surface area contributed by atoms with Crippen LogP contribution in [0.15, 0.2) is 12.1 Å². The van der Waals surface area contributed by atoms with Crippen molar-refractivity contribution in [3.8, 4) is 5.75 Å². The standard InChI is InChI=1S/C8H4Cl3NO4/c9-5-2-3(12(15)16)1-4(6(5)13)7(14)8(10)11/h1-2,8,13H. The third-order valence-corrected chi connectivity index (χ3v) is 2.41. The first-order valence-corrected chi connectivity index (χ1v) is 5.09. The molecule has 1 rings (SSSR count). The Morgan fingerprint density at radius 1 is 1.44 bits per heavy atom. The molecule has 0 unspecified atom stereocenters. The van der Waals surface area contributed by atoms with Crippen LogP contribution in [0.3, 0.4) is 0 Å². The summed E-state index contributed by atoms with van der Waals surface area (Å²) in [7, 11) is 0. The third-order valence-electron chi connectivity index (χ3n) is 1.72. The summed E-state index contributed by atoms with van der Waals surface area (Å²) in [5.41, 5.74) is -0.811. The lowest BCUT2D eigenvalue weighted by atomic mass is 10.1. The van der Waals surface area contributed by atoms with Gasteiger partial charge in [0.05, 0.1) is 15.5 Å². The molecule has 0 amide bonds. The van der Waals surface area contributed by atoms with Gasteiger partial charge in [0.1, 0.15) is 5.75 Å². The Bertz CT molecular complexity index is 461. The van der Waals surface area contributed by atoms with Crippen molar-refractivity contribution in [2.75, 3.05) is 0 Å². The van der Waals surface area contributed by atoms with E-state index in [2.05, 4.69) is 0 Å². The number of phenols is 1. The van der Waals surface area contributed by atoms with E-state index in [-0.39, 0.29) is 10.6 Å². The number of nitrogens with zero attached hydrogens (tertiary/aromatic N) is 1. The van der Waals surface area contributed by atoms with E-state index < -0.39 is 27.0 Å². The lowest BCUT2D eigenvalue weighted by Gasteiger charge is -2.05. The number of halogens is 3. The van der Waals surface area contributed by atoms with Gasteiger partial charge in [-0.15, -0.1) is 0 Å². The number of benzene rings is 1. The monoisotopic (exact) mass is 283 g/mol. The van der Waals surface area contributed by atoms with Crippen molar-refractivity contribution in [3.05, 3.63) is 32.8 Å². The predicted molar refractivity (Wildman–Crippen MR) is 59.6 cm³/mol. The molecule has 0 atom stereocenters. The van der Waals surface area contributed by atoms with Crippen LogP contribution >= 0.6 is 34.8 Å². The molecular formula is C8H4Cl3NO4. The molecule has 1 N–H and O–H groups in total. The van der Waals surface area contributed by atoms with Crippen LogP contribution in [-0.2, 0) is 0 Å². The van der Waals surface area contributed by atoms with Gasteiger partial charge in [0.15, 0.2) is 10.6 Å². The lowest BCUT2D eigenvalue weighted by molar-refractivity contribution is -0.384. The molecule has 0 heterocycles. The second kappa shape index (κ2) is 4.86. The largest absolute Gasteiger partial charge is 0.506 e. The van der Waals surface area contributed by atoms with Crippen LogP contribution < -0.4 is 0 Å². The van der Waals surface area contributed by atoms with Crippen LogP contribution in [0, 0.1) is 10.1 Å². The molecule has 0 aliphatic carbocycles. The van der Waals surface area contributed by atoms with E-state index in [1.165, 1.54) is 0 Å². The molecule has 0 saturated heterocycles. The molecule has 0 radical (unpaired) electrons.